The number of carbonyl (C=O) groups excluding carboxylic acids is 1. The van der Waals surface area contributed by atoms with Gasteiger partial charge in [-0.2, -0.15) is 12.6 Å². The zero-order chi connectivity index (χ0) is 11.4. The van der Waals surface area contributed by atoms with Crippen molar-refractivity contribution in [3.05, 3.63) is 35.1 Å². The number of thiol groups is 1. The lowest BCUT2D eigenvalue weighted by Crippen LogP contribution is -2.26. The predicted octanol–water partition coefficient (Wildman–Crippen LogP) is 1.76. The molecule has 0 saturated carbocycles. The number of carbonyl (C=O) groups is 1. The van der Waals surface area contributed by atoms with E-state index < -0.39 is 28.9 Å². The Morgan fingerprint density at radius 3 is 2.53 bits per heavy atom. The summed E-state index contributed by atoms with van der Waals surface area (Å²) in [5, 5.41) is 2.29. The van der Waals surface area contributed by atoms with Crippen molar-refractivity contribution in [3.63, 3.8) is 0 Å². The van der Waals surface area contributed by atoms with E-state index in [4.69, 9.17) is 0 Å². The summed E-state index contributed by atoms with van der Waals surface area (Å²) in [5.41, 5.74) is -0.518. The van der Waals surface area contributed by atoms with Crippen molar-refractivity contribution in [2.75, 3.05) is 12.3 Å². The lowest BCUT2D eigenvalue weighted by molar-refractivity contribution is 0.0951. The van der Waals surface area contributed by atoms with E-state index in [-0.39, 0.29) is 6.54 Å². The average Bonchev–Trinajstić information content (AvgIpc) is 2.23. The molecule has 0 aliphatic heterocycles. The van der Waals surface area contributed by atoms with E-state index in [0.29, 0.717) is 11.8 Å². The standard InChI is InChI=1S/C9H8F3NOS/c10-6-2-1-5(7(11)8(6)12)9(14)13-3-4-15/h1-2,15H,3-4H2,(H,13,14). The quantitative estimate of drug-likeness (QED) is 0.606. The number of hydrogen-bond donors (Lipinski definition) is 2. The van der Waals surface area contributed by atoms with Crippen molar-refractivity contribution in [2.24, 2.45) is 0 Å². The fraction of sp³-hybridized carbons (Fsp3) is 0.222. The van der Waals surface area contributed by atoms with Crippen LogP contribution in [0.3, 0.4) is 0 Å². The van der Waals surface area contributed by atoms with Gasteiger partial charge >= 0.3 is 0 Å². The van der Waals surface area contributed by atoms with Crippen LogP contribution in [0.25, 0.3) is 0 Å². The number of rotatable bonds is 3. The maximum absolute atomic E-state index is 13.0. The molecule has 0 fully saturated rings. The van der Waals surface area contributed by atoms with Gasteiger partial charge in [0.05, 0.1) is 5.56 Å². The van der Waals surface area contributed by atoms with E-state index in [0.717, 1.165) is 6.07 Å². The van der Waals surface area contributed by atoms with Crippen LogP contribution in [-0.2, 0) is 0 Å². The summed E-state index contributed by atoms with van der Waals surface area (Å²) >= 11 is 3.83. The Bertz CT molecular complexity index is 384. The third kappa shape index (κ3) is 2.65. The van der Waals surface area contributed by atoms with Gasteiger partial charge in [0.25, 0.3) is 5.91 Å². The molecule has 6 heteroatoms. The Hall–Kier alpha value is -1.17. The van der Waals surface area contributed by atoms with Crippen LogP contribution in [0.15, 0.2) is 12.1 Å². The van der Waals surface area contributed by atoms with Gasteiger partial charge in [-0.15, -0.1) is 0 Å². The monoisotopic (exact) mass is 235 g/mol. The van der Waals surface area contributed by atoms with Gasteiger partial charge < -0.3 is 5.32 Å². The molecule has 1 N–H and O–H groups in total. The van der Waals surface area contributed by atoms with E-state index in [1.165, 1.54) is 0 Å². The highest BCUT2D eigenvalue weighted by molar-refractivity contribution is 7.80. The van der Waals surface area contributed by atoms with Gasteiger partial charge in [-0.1, -0.05) is 0 Å². The minimum Gasteiger partial charge on any atom is -0.351 e. The molecule has 0 saturated heterocycles. The highest BCUT2D eigenvalue weighted by Gasteiger charge is 2.17. The molecule has 1 rings (SSSR count). The van der Waals surface area contributed by atoms with Gasteiger partial charge in [0.2, 0.25) is 0 Å². The molecule has 1 aromatic rings. The minimum absolute atomic E-state index is 0.223. The fourth-order valence-corrected chi connectivity index (χ4v) is 1.08. The molecule has 0 bridgehead atoms. The molecule has 2 nitrogen and oxygen atoms in total. The first-order valence-corrected chi connectivity index (χ1v) is 4.73. The number of benzene rings is 1. The summed E-state index contributed by atoms with van der Waals surface area (Å²) < 4.78 is 38.3. The normalized spacial score (nSPS) is 10.1. The van der Waals surface area contributed by atoms with Crippen LogP contribution in [-0.4, -0.2) is 18.2 Å². The molecule has 1 aromatic carbocycles. The van der Waals surface area contributed by atoms with Gasteiger partial charge in [-0.25, -0.2) is 13.2 Å². The summed E-state index contributed by atoms with van der Waals surface area (Å²) in [4.78, 5) is 11.2. The molecule has 0 radical (unpaired) electrons. The molecule has 0 aliphatic carbocycles. The molecule has 0 heterocycles. The van der Waals surface area contributed by atoms with Crippen molar-refractivity contribution in [2.45, 2.75) is 0 Å². The van der Waals surface area contributed by atoms with Gasteiger partial charge in [-0.3, -0.25) is 4.79 Å². The second kappa shape index (κ2) is 5.06. The van der Waals surface area contributed by atoms with Crippen molar-refractivity contribution in [1.82, 2.24) is 5.32 Å². The van der Waals surface area contributed by atoms with Crippen LogP contribution in [0.2, 0.25) is 0 Å². The summed E-state index contributed by atoms with van der Waals surface area (Å²) in [6.07, 6.45) is 0. The third-order valence-electron chi connectivity index (χ3n) is 1.68. The number of nitrogens with one attached hydrogen (secondary N) is 1. The van der Waals surface area contributed by atoms with E-state index in [1.807, 2.05) is 0 Å². The second-order valence-electron chi connectivity index (χ2n) is 2.70. The Labute approximate surface area is 89.9 Å². The predicted molar refractivity (Wildman–Crippen MR) is 52.5 cm³/mol. The first kappa shape index (κ1) is 11.9. The maximum atomic E-state index is 13.0. The van der Waals surface area contributed by atoms with Gasteiger partial charge in [0.15, 0.2) is 17.5 Å². The third-order valence-corrected chi connectivity index (χ3v) is 1.90. The maximum Gasteiger partial charge on any atom is 0.254 e. The van der Waals surface area contributed by atoms with Crippen LogP contribution in [0, 0.1) is 17.5 Å². The highest BCUT2D eigenvalue weighted by atomic mass is 32.1. The van der Waals surface area contributed by atoms with Crippen LogP contribution >= 0.6 is 12.6 Å². The topological polar surface area (TPSA) is 29.1 Å². The van der Waals surface area contributed by atoms with Gasteiger partial charge in [0.1, 0.15) is 0 Å². The molecule has 0 aromatic heterocycles. The Morgan fingerprint density at radius 1 is 1.27 bits per heavy atom. The van der Waals surface area contributed by atoms with Crippen molar-refractivity contribution in [1.29, 1.82) is 0 Å². The lowest BCUT2D eigenvalue weighted by Gasteiger charge is -2.05. The van der Waals surface area contributed by atoms with E-state index in [9.17, 15) is 18.0 Å². The summed E-state index contributed by atoms with van der Waals surface area (Å²) in [7, 11) is 0. The Kier molecular flexibility index (Phi) is 4.02. The van der Waals surface area contributed by atoms with E-state index in [2.05, 4.69) is 17.9 Å². The minimum atomic E-state index is -1.64. The number of halogens is 3. The first-order valence-electron chi connectivity index (χ1n) is 4.10. The molecule has 0 atom stereocenters. The smallest absolute Gasteiger partial charge is 0.254 e. The molecule has 82 valence electrons. The fourth-order valence-electron chi connectivity index (χ4n) is 0.966. The molecule has 0 unspecified atom stereocenters. The van der Waals surface area contributed by atoms with Crippen LogP contribution in [0.1, 0.15) is 10.4 Å². The van der Waals surface area contributed by atoms with Gasteiger partial charge in [0, 0.05) is 12.3 Å². The SMILES string of the molecule is O=C(NCCS)c1ccc(F)c(F)c1F. The van der Waals surface area contributed by atoms with Crippen molar-refractivity contribution in [3.8, 4) is 0 Å². The zero-order valence-corrected chi connectivity index (χ0v) is 8.45. The molecule has 0 spiro atoms. The highest BCUT2D eigenvalue weighted by Crippen LogP contribution is 2.14. The zero-order valence-electron chi connectivity index (χ0n) is 7.56. The Balaban J connectivity index is 2.95. The van der Waals surface area contributed by atoms with Gasteiger partial charge in [-0.05, 0) is 12.1 Å². The van der Waals surface area contributed by atoms with Crippen LogP contribution in [0.5, 0.6) is 0 Å². The summed E-state index contributed by atoms with van der Waals surface area (Å²) in [6, 6.07) is 1.59. The Morgan fingerprint density at radius 2 is 1.93 bits per heavy atom. The van der Waals surface area contributed by atoms with E-state index in [1.54, 1.807) is 0 Å². The number of amides is 1. The number of hydrogen-bond acceptors (Lipinski definition) is 2. The van der Waals surface area contributed by atoms with E-state index >= 15 is 0 Å². The van der Waals surface area contributed by atoms with Crippen molar-refractivity contribution < 1.29 is 18.0 Å². The first-order chi connectivity index (χ1) is 7.07. The largest absolute Gasteiger partial charge is 0.351 e. The second-order valence-corrected chi connectivity index (χ2v) is 3.15. The van der Waals surface area contributed by atoms with Crippen LogP contribution < -0.4 is 5.32 Å². The summed E-state index contributed by atoms with van der Waals surface area (Å²) in [5.74, 6) is -4.87. The lowest BCUT2D eigenvalue weighted by atomic mass is 10.2. The molecular weight excluding hydrogens is 227 g/mol. The summed E-state index contributed by atoms with van der Waals surface area (Å²) in [6.45, 7) is 0.223. The average molecular weight is 235 g/mol. The van der Waals surface area contributed by atoms with Crippen molar-refractivity contribution >= 4 is 18.5 Å². The van der Waals surface area contributed by atoms with Crippen LogP contribution in [0.4, 0.5) is 13.2 Å². The molecule has 15 heavy (non-hydrogen) atoms. The molecular formula is C9H8F3NOS. The molecule has 1 amide bonds. The molecule has 0 aliphatic rings.